The average molecular weight is 382 g/mol. The molecule has 1 amide bonds. The molecule has 7 heteroatoms. The first-order chi connectivity index (χ1) is 13.0. The third-order valence-electron chi connectivity index (χ3n) is 4.39. The number of aromatic nitrogens is 2. The minimum Gasteiger partial charge on any atom is -0.378 e. The Morgan fingerprint density at radius 3 is 2.56 bits per heavy atom. The Hall–Kier alpha value is -2.93. The summed E-state index contributed by atoms with van der Waals surface area (Å²) in [5.41, 5.74) is 2.65. The molecule has 3 aromatic rings. The Kier molecular flexibility index (Phi) is 5.71. The molecule has 0 atom stereocenters. The van der Waals surface area contributed by atoms with Crippen LogP contribution in [0.3, 0.4) is 0 Å². The lowest BCUT2D eigenvalue weighted by molar-refractivity contribution is -0.121. The Labute approximate surface area is 162 Å². The molecule has 6 nitrogen and oxygen atoms in total. The van der Waals surface area contributed by atoms with E-state index in [9.17, 15) is 9.59 Å². The summed E-state index contributed by atoms with van der Waals surface area (Å²) in [5, 5.41) is 3.44. The molecular weight excluding hydrogens is 360 g/mol. The first-order valence-electron chi connectivity index (χ1n) is 8.70. The molecule has 2 aromatic carbocycles. The molecule has 0 radical (unpaired) electrons. The fourth-order valence-electron chi connectivity index (χ4n) is 2.82. The highest BCUT2D eigenvalue weighted by molar-refractivity contribution is 7.71. The zero-order valence-electron chi connectivity index (χ0n) is 15.4. The highest BCUT2D eigenvalue weighted by Gasteiger charge is 2.08. The minimum atomic E-state index is -0.179. The Bertz CT molecular complexity index is 1070. The molecule has 0 spiro atoms. The number of anilines is 1. The van der Waals surface area contributed by atoms with Crippen molar-refractivity contribution >= 4 is 34.7 Å². The number of rotatable bonds is 6. The van der Waals surface area contributed by atoms with E-state index in [1.165, 1.54) is 4.57 Å². The van der Waals surface area contributed by atoms with Gasteiger partial charge in [0.1, 0.15) is 0 Å². The summed E-state index contributed by atoms with van der Waals surface area (Å²) in [4.78, 5) is 29.8. The quantitative estimate of drug-likeness (QED) is 0.643. The number of nitrogens with one attached hydrogen (secondary N) is 2. The number of para-hydroxylation sites is 1. The Balaban J connectivity index is 1.62. The first-order valence-corrected chi connectivity index (χ1v) is 9.11. The van der Waals surface area contributed by atoms with Gasteiger partial charge in [-0.3, -0.25) is 14.2 Å². The van der Waals surface area contributed by atoms with Gasteiger partial charge in [0, 0.05) is 39.3 Å². The molecule has 0 aliphatic rings. The summed E-state index contributed by atoms with van der Waals surface area (Å²) < 4.78 is 1.76. The van der Waals surface area contributed by atoms with Crippen molar-refractivity contribution in [3.05, 3.63) is 69.2 Å². The molecule has 2 N–H and O–H groups in total. The van der Waals surface area contributed by atoms with Crippen molar-refractivity contribution in [3.63, 3.8) is 0 Å². The number of benzene rings is 2. The largest absolute Gasteiger partial charge is 0.378 e. The van der Waals surface area contributed by atoms with Crippen molar-refractivity contribution in [3.8, 4) is 0 Å². The molecule has 27 heavy (non-hydrogen) atoms. The van der Waals surface area contributed by atoms with Crippen LogP contribution in [0.15, 0.2) is 53.3 Å². The summed E-state index contributed by atoms with van der Waals surface area (Å²) in [6, 6.07) is 15.2. The second-order valence-corrected chi connectivity index (χ2v) is 6.91. The standard InChI is InChI=1S/C20H22N4O2S/c1-23(2)15-9-7-14(8-10-15)13-21-18(25)11-12-24-19(26)16-5-3-4-6-17(16)22-20(24)27/h3-10H,11-13H2,1-2H3,(H,21,25)(H,22,27). The van der Waals surface area contributed by atoms with E-state index in [0.29, 0.717) is 22.2 Å². The molecule has 0 saturated carbocycles. The Morgan fingerprint density at radius 1 is 1.15 bits per heavy atom. The van der Waals surface area contributed by atoms with Crippen LogP contribution in [0, 0.1) is 4.77 Å². The van der Waals surface area contributed by atoms with Crippen LogP contribution in [0.4, 0.5) is 5.69 Å². The molecule has 0 saturated heterocycles. The van der Waals surface area contributed by atoms with Crippen LogP contribution in [0.1, 0.15) is 12.0 Å². The zero-order chi connectivity index (χ0) is 19.4. The predicted molar refractivity (Wildman–Crippen MR) is 111 cm³/mol. The van der Waals surface area contributed by atoms with E-state index >= 15 is 0 Å². The van der Waals surface area contributed by atoms with E-state index in [0.717, 1.165) is 11.3 Å². The maximum Gasteiger partial charge on any atom is 0.262 e. The van der Waals surface area contributed by atoms with Crippen molar-refractivity contribution in [2.75, 3.05) is 19.0 Å². The fourth-order valence-corrected chi connectivity index (χ4v) is 3.10. The zero-order valence-corrected chi connectivity index (χ0v) is 16.2. The molecule has 0 bridgehead atoms. The lowest BCUT2D eigenvalue weighted by atomic mass is 10.2. The van der Waals surface area contributed by atoms with Crippen LogP contribution in [-0.4, -0.2) is 29.6 Å². The second kappa shape index (κ2) is 8.18. The van der Waals surface area contributed by atoms with Gasteiger partial charge >= 0.3 is 0 Å². The van der Waals surface area contributed by atoms with E-state index in [2.05, 4.69) is 10.3 Å². The topological polar surface area (TPSA) is 70.1 Å². The molecule has 1 aromatic heterocycles. The smallest absolute Gasteiger partial charge is 0.262 e. The lowest BCUT2D eigenvalue weighted by Gasteiger charge is -2.13. The number of carbonyl (C=O) groups is 1. The van der Waals surface area contributed by atoms with Gasteiger partial charge in [-0.2, -0.15) is 0 Å². The number of aromatic amines is 1. The number of hydrogen-bond donors (Lipinski definition) is 2. The van der Waals surface area contributed by atoms with E-state index < -0.39 is 0 Å². The van der Waals surface area contributed by atoms with Gasteiger partial charge in [-0.1, -0.05) is 24.3 Å². The van der Waals surface area contributed by atoms with Crippen molar-refractivity contribution < 1.29 is 4.79 Å². The third-order valence-corrected chi connectivity index (χ3v) is 4.72. The highest BCUT2D eigenvalue weighted by atomic mass is 32.1. The fraction of sp³-hybridized carbons (Fsp3) is 0.250. The predicted octanol–water partition coefficient (Wildman–Crippen LogP) is 2.83. The summed E-state index contributed by atoms with van der Waals surface area (Å²) in [6.07, 6.45) is 0.186. The van der Waals surface area contributed by atoms with Crippen molar-refractivity contribution in [2.24, 2.45) is 0 Å². The Morgan fingerprint density at radius 2 is 1.85 bits per heavy atom. The van der Waals surface area contributed by atoms with E-state index in [4.69, 9.17) is 12.2 Å². The number of fused-ring (bicyclic) bond motifs is 1. The molecule has 0 fully saturated rings. The van der Waals surface area contributed by atoms with Crippen molar-refractivity contribution in [2.45, 2.75) is 19.5 Å². The van der Waals surface area contributed by atoms with Crippen LogP contribution >= 0.6 is 12.2 Å². The summed E-state index contributed by atoms with van der Waals surface area (Å²) in [6.45, 7) is 0.691. The minimum absolute atomic E-state index is 0.124. The van der Waals surface area contributed by atoms with Gasteiger partial charge in [0.15, 0.2) is 4.77 Å². The summed E-state index contributed by atoms with van der Waals surface area (Å²) >= 11 is 5.27. The monoisotopic (exact) mass is 382 g/mol. The molecule has 1 heterocycles. The molecule has 3 rings (SSSR count). The number of amides is 1. The highest BCUT2D eigenvalue weighted by Crippen LogP contribution is 2.12. The van der Waals surface area contributed by atoms with Gasteiger partial charge in [0.25, 0.3) is 5.56 Å². The molecular formula is C20H22N4O2S. The lowest BCUT2D eigenvalue weighted by Crippen LogP contribution is -2.28. The molecule has 140 valence electrons. The number of nitrogens with zero attached hydrogens (tertiary/aromatic N) is 2. The molecule has 0 aliphatic heterocycles. The summed E-state index contributed by atoms with van der Waals surface area (Å²) in [7, 11) is 3.96. The maximum atomic E-state index is 12.6. The van der Waals surface area contributed by atoms with Crippen LogP contribution in [0.2, 0.25) is 0 Å². The van der Waals surface area contributed by atoms with Crippen LogP contribution in [-0.2, 0) is 17.9 Å². The second-order valence-electron chi connectivity index (χ2n) is 6.52. The molecule has 0 unspecified atom stereocenters. The van der Waals surface area contributed by atoms with Gasteiger partial charge in [-0.25, -0.2) is 0 Å². The van der Waals surface area contributed by atoms with Gasteiger partial charge in [-0.15, -0.1) is 0 Å². The van der Waals surface area contributed by atoms with E-state index in [1.807, 2.05) is 55.4 Å². The van der Waals surface area contributed by atoms with Crippen LogP contribution in [0.25, 0.3) is 10.9 Å². The number of hydrogen-bond acceptors (Lipinski definition) is 4. The van der Waals surface area contributed by atoms with Crippen molar-refractivity contribution in [1.29, 1.82) is 0 Å². The number of H-pyrrole nitrogens is 1. The van der Waals surface area contributed by atoms with Gasteiger partial charge in [0.2, 0.25) is 5.91 Å². The summed E-state index contributed by atoms with van der Waals surface area (Å²) in [5.74, 6) is -0.124. The first kappa shape index (κ1) is 18.8. The molecule has 0 aliphatic carbocycles. The van der Waals surface area contributed by atoms with Gasteiger partial charge < -0.3 is 15.2 Å². The van der Waals surface area contributed by atoms with Crippen LogP contribution in [0.5, 0.6) is 0 Å². The third kappa shape index (κ3) is 4.43. The normalized spacial score (nSPS) is 10.7. The van der Waals surface area contributed by atoms with E-state index in [1.54, 1.807) is 12.1 Å². The maximum absolute atomic E-state index is 12.6. The van der Waals surface area contributed by atoms with Gasteiger partial charge in [-0.05, 0) is 42.0 Å². The average Bonchev–Trinajstić information content (AvgIpc) is 2.66. The van der Waals surface area contributed by atoms with Gasteiger partial charge in [0.05, 0.1) is 10.9 Å². The SMILES string of the molecule is CN(C)c1ccc(CNC(=O)CCn2c(=S)[nH]c3ccccc3c2=O)cc1. The van der Waals surface area contributed by atoms with Crippen molar-refractivity contribution in [1.82, 2.24) is 14.9 Å². The van der Waals surface area contributed by atoms with Crippen LogP contribution < -0.4 is 15.8 Å². The van der Waals surface area contributed by atoms with E-state index in [-0.39, 0.29) is 24.4 Å². The number of carbonyl (C=O) groups excluding carboxylic acids is 1.